The summed E-state index contributed by atoms with van der Waals surface area (Å²) >= 11 is 0. The monoisotopic (exact) mass is 371 g/mol. The summed E-state index contributed by atoms with van der Waals surface area (Å²) in [6, 6.07) is 6.84. The fourth-order valence-electron chi connectivity index (χ4n) is 2.62. The van der Waals surface area contributed by atoms with E-state index in [2.05, 4.69) is 5.32 Å². The summed E-state index contributed by atoms with van der Waals surface area (Å²) in [5.74, 6) is -0.919. The number of halogens is 3. The van der Waals surface area contributed by atoms with Crippen molar-refractivity contribution in [3.05, 3.63) is 29.8 Å². The maximum absolute atomic E-state index is 12.4. The number of hydrogen-bond donors (Lipinski definition) is 1. The number of amides is 1. The first-order valence-corrected chi connectivity index (χ1v) is 8.58. The van der Waals surface area contributed by atoms with E-state index in [0.717, 1.165) is 18.4 Å². The molecule has 1 aromatic rings. The number of nitrogens with one attached hydrogen (secondary N) is 1. The predicted octanol–water partition coefficient (Wildman–Crippen LogP) is 4.63. The van der Waals surface area contributed by atoms with E-state index in [4.69, 9.17) is 4.74 Å². The highest BCUT2D eigenvalue weighted by atomic mass is 19.4. The van der Waals surface area contributed by atoms with Gasteiger partial charge in [-0.1, -0.05) is 12.1 Å². The van der Waals surface area contributed by atoms with Crippen molar-refractivity contribution in [3.63, 3.8) is 0 Å². The molecule has 144 valence electrons. The zero-order valence-corrected chi connectivity index (χ0v) is 15.2. The molecule has 0 bridgehead atoms. The molecule has 2 rings (SSSR count). The Kier molecular flexibility index (Phi) is 5.68. The van der Waals surface area contributed by atoms with E-state index in [-0.39, 0.29) is 5.97 Å². The molecule has 1 N–H and O–H groups in total. The number of anilines is 1. The van der Waals surface area contributed by atoms with Crippen LogP contribution >= 0.6 is 0 Å². The van der Waals surface area contributed by atoms with Crippen LogP contribution in [0.15, 0.2) is 24.3 Å². The van der Waals surface area contributed by atoms with Gasteiger partial charge in [-0.15, -0.1) is 0 Å². The van der Waals surface area contributed by atoms with Gasteiger partial charge in [-0.3, -0.25) is 9.59 Å². The zero-order chi connectivity index (χ0) is 19.6. The first-order valence-electron chi connectivity index (χ1n) is 8.58. The third-order valence-corrected chi connectivity index (χ3v) is 4.07. The number of alkyl halides is 3. The first kappa shape index (κ1) is 20.3. The molecule has 7 heteroatoms. The van der Waals surface area contributed by atoms with Crippen molar-refractivity contribution in [3.8, 4) is 0 Å². The number of rotatable bonds is 6. The predicted molar refractivity (Wildman–Crippen MR) is 91.6 cm³/mol. The van der Waals surface area contributed by atoms with Gasteiger partial charge in [0, 0.05) is 12.1 Å². The normalized spacial score (nSPS) is 16.1. The van der Waals surface area contributed by atoms with Crippen molar-refractivity contribution in [1.82, 2.24) is 0 Å². The smallest absolute Gasteiger partial charge is 0.389 e. The summed E-state index contributed by atoms with van der Waals surface area (Å²) in [5.41, 5.74) is 0.171. The van der Waals surface area contributed by atoms with E-state index in [9.17, 15) is 22.8 Å². The second-order valence-corrected chi connectivity index (χ2v) is 7.82. The summed E-state index contributed by atoms with van der Waals surface area (Å²) in [6.45, 7) is 5.45. The Labute approximate surface area is 151 Å². The molecule has 1 fully saturated rings. The lowest BCUT2D eigenvalue weighted by Crippen LogP contribution is -2.30. The lowest BCUT2D eigenvalue weighted by molar-refractivity contribution is -0.161. The maximum atomic E-state index is 12.4. The van der Waals surface area contributed by atoms with Gasteiger partial charge in [0.2, 0.25) is 5.91 Å². The van der Waals surface area contributed by atoms with Crippen LogP contribution in [0, 0.1) is 5.41 Å². The fourth-order valence-corrected chi connectivity index (χ4v) is 2.62. The van der Waals surface area contributed by atoms with Crippen LogP contribution in [-0.2, 0) is 20.7 Å². The van der Waals surface area contributed by atoms with Crippen LogP contribution < -0.4 is 5.32 Å². The quantitative estimate of drug-likeness (QED) is 0.742. The number of carbonyl (C=O) groups excluding carboxylic acids is 2. The minimum absolute atomic E-state index is 0.232. The second kappa shape index (κ2) is 7.29. The van der Waals surface area contributed by atoms with Gasteiger partial charge in [0.1, 0.15) is 5.60 Å². The van der Waals surface area contributed by atoms with E-state index < -0.39 is 35.9 Å². The van der Waals surface area contributed by atoms with E-state index in [1.165, 1.54) is 0 Å². The summed E-state index contributed by atoms with van der Waals surface area (Å²) in [5, 5.41) is 2.47. The lowest BCUT2D eigenvalue weighted by Gasteiger charge is -2.24. The fraction of sp³-hybridized carbons (Fsp3) is 0.579. The standard InChI is InChI=1S/C19H24F3NO3/c1-17(2,3)26-16(25)18(9-10-18)12-13-5-4-6-14(11-13)23-15(24)7-8-19(20,21)22/h4-6,11H,7-10,12H2,1-3H3,(H,23,24). The van der Waals surface area contributed by atoms with Gasteiger partial charge in [-0.05, 0) is 57.7 Å². The van der Waals surface area contributed by atoms with E-state index >= 15 is 0 Å². The summed E-state index contributed by atoms with van der Waals surface area (Å²) in [4.78, 5) is 24.0. The van der Waals surface area contributed by atoms with Crippen LogP contribution in [0.5, 0.6) is 0 Å². The van der Waals surface area contributed by atoms with Crippen molar-refractivity contribution in [2.24, 2.45) is 5.41 Å². The Hall–Kier alpha value is -2.05. The minimum Gasteiger partial charge on any atom is -0.460 e. The van der Waals surface area contributed by atoms with Crippen LogP contribution in [0.4, 0.5) is 18.9 Å². The molecule has 0 radical (unpaired) electrons. The number of ether oxygens (including phenoxy) is 1. The molecule has 0 spiro atoms. The largest absolute Gasteiger partial charge is 0.460 e. The van der Waals surface area contributed by atoms with Crippen LogP contribution in [0.2, 0.25) is 0 Å². The van der Waals surface area contributed by atoms with Gasteiger partial charge in [0.15, 0.2) is 0 Å². The van der Waals surface area contributed by atoms with Crippen LogP contribution in [0.1, 0.15) is 52.0 Å². The van der Waals surface area contributed by atoms with Crippen molar-refractivity contribution in [1.29, 1.82) is 0 Å². The maximum Gasteiger partial charge on any atom is 0.389 e. The van der Waals surface area contributed by atoms with Gasteiger partial charge in [-0.25, -0.2) is 0 Å². The number of hydrogen-bond acceptors (Lipinski definition) is 3. The molecular weight excluding hydrogens is 347 g/mol. The highest BCUT2D eigenvalue weighted by Gasteiger charge is 2.52. The molecule has 0 unspecified atom stereocenters. The molecular formula is C19H24F3NO3. The highest BCUT2D eigenvalue weighted by Crippen LogP contribution is 2.50. The number of carbonyl (C=O) groups is 2. The molecule has 1 amide bonds. The molecule has 1 aliphatic rings. The molecule has 0 aliphatic heterocycles. The average molecular weight is 371 g/mol. The number of benzene rings is 1. The Bertz CT molecular complexity index is 673. The molecule has 0 saturated heterocycles. The van der Waals surface area contributed by atoms with Crippen LogP contribution in [0.25, 0.3) is 0 Å². The number of esters is 1. The van der Waals surface area contributed by atoms with E-state index in [1.807, 2.05) is 26.8 Å². The Balaban J connectivity index is 1.97. The zero-order valence-electron chi connectivity index (χ0n) is 15.2. The first-order chi connectivity index (χ1) is 11.9. The molecule has 0 aromatic heterocycles. The van der Waals surface area contributed by atoms with E-state index in [0.29, 0.717) is 12.1 Å². The third-order valence-electron chi connectivity index (χ3n) is 4.07. The van der Waals surface area contributed by atoms with Crippen molar-refractivity contribution < 1.29 is 27.5 Å². The SMILES string of the molecule is CC(C)(C)OC(=O)C1(Cc2cccc(NC(=O)CCC(F)(F)F)c2)CC1. The molecule has 1 aromatic carbocycles. The van der Waals surface area contributed by atoms with Crippen molar-refractivity contribution in [2.75, 3.05) is 5.32 Å². The molecule has 0 heterocycles. The van der Waals surface area contributed by atoms with Gasteiger partial charge >= 0.3 is 12.1 Å². The van der Waals surface area contributed by atoms with Crippen LogP contribution in [0.3, 0.4) is 0 Å². The molecule has 0 atom stereocenters. The van der Waals surface area contributed by atoms with Crippen molar-refractivity contribution >= 4 is 17.6 Å². The summed E-state index contributed by atoms with van der Waals surface area (Å²) in [6.07, 6.45) is -4.16. The Morgan fingerprint density at radius 1 is 1.19 bits per heavy atom. The topological polar surface area (TPSA) is 55.4 Å². The Morgan fingerprint density at radius 3 is 2.38 bits per heavy atom. The summed E-state index contributed by atoms with van der Waals surface area (Å²) < 4.78 is 42.0. The molecule has 4 nitrogen and oxygen atoms in total. The molecule has 26 heavy (non-hydrogen) atoms. The van der Waals surface area contributed by atoms with Gasteiger partial charge < -0.3 is 10.1 Å². The second-order valence-electron chi connectivity index (χ2n) is 7.82. The highest BCUT2D eigenvalue weighted by molar-refractivity contribution is 5.90. The Morgan fingerprint density at radius 2 is 1.85 bits per heavy atom. The lowest BCUT2D eigenvalue weighted by atomic mass is 9.96. The van der Waals surface area contributed by atoms with Gasteiger partial charge in [-0.2, -0.15) is 13.2 Å². The minimum atomic E-state index is -4.36. The van der Waals surface area contributed by atoms with Crippen molar-refractivity contribution in [2.45, 2.75) is 64.7 Å². The molecule has 1 saturated carbocycles. The third kappa shape index (κ3) is 6.35. The molecule has 1 aliphatic carbocycles. The van der Waals surface area contributed by atoms with E-state index in [1.54, 1.807) is 18.2 Å². The average Bonchev–Trinajstić information content (AvgIpc) is 3.24. The van der Waals surface area contributed by atoms with Gasteiger partial charge in [0.25, 0.3) is 0 Å². The van der Waals surface area contributed by atoms with Crippen LogP contribution in [-0.4, -0.2) is 23.7 Å². The van der Waals surface area contributed by atoms with Gasteiger partial charge in [0.05, 0.1) is 11.8 Å². The summed E-state index contributed by atoms with van der Waals surface area (Å²) in [7, 11) is 0.